The molecular formula is C19H19N3O2S2. The summed E-state index contributed by atoms with van der Waals surface area (Å²) in [6.07, 6.45) is 0. The third-order valence-electron chi connectivity index (χ3n) is 4.44. The van der Waals surface area contributed by atoms with Crippen molar-refractivity contribution in [1.29, 1.82) is 0 Å². The van der Waals surface area contributed by atoms with Crippen molar-refractivity contribution in [2.75, 3.05) is 32.0 Å². The molecule has 1 fully saturated rings. The number of rotatable bonds is 3. The van der Waals surface area contributed by atoms with Crippen LogP contribution in [0.2, 0.25) is 0 Å². The van der Waals surface area contributed by atoms with Gasteiger partial charge in [-0.15, -0.1) is 22.7 Å². The number of hydrogen-bond acceptors (Lipinski definition) is 6. The molecule has 1 saturated heterocycles. The maximum atomic E-state index is 12.8. The summed E-state index contributed by atoms with van der Waals surface area (Å²) in [7, 11) is 0. The van der Waals surface area contributed by atoms with Crippen LogP contribution in [0.4, 0.5) is 11.4 Å². The van der Waals surface area contributed by atoms with Crippen molar-refractivity contribution in [1.82, 2.24) is 4.90 Å². The van der Waals surface area contributed by atoms with E-state index in [1.807, 2.05) is 42.6 Å². The number of ketones is 1. The number of carbonyl (C=O) groups excluding carboxylic acids is 1. The summed E-state index contributed by atoms with van der Waals surface area (Å²) in [4.78, 5) is 20.4. The first-order valence-electron chi connectivity index (χ1n) is 8.42. The van der Waals surface area contributed by atoms with Gasteiger partial charge in [0, 0.05) is 24.0 Å². The summed E-state index contributed by atoms with van der Waals surface area (Å²) in [5.74, 6) is 0.922. The van der Waals surface area contributed by atoms with E-state index in [-0.39, 0.29) is 5.78 Å². The fourth-order valence-electron chi connectivity index (χ4n) is 3.02. The number of fused-ring (bicyclic) bond motifs is 1. The maximum Gasteiger partial charge on any atom is 0.205 e. The number of hydrogen-bond donors (Lipinski definition) is 1. The summed E-state index contributed by atoms with van der Waals surface area (Å²) in [5, 5.41) is 2.91. The molecule has 0 aliphatic carbocycles. The van der Waals surface area contributed by atoms with Crippen molar-refractivity contribution in [2.45, 2.75) is 6.92 Å². The largest absolute Gasteiger partial charge is 0.397 e. The molecule has 2 N–H and O–H groups in total. The number of benzene rings is 1. The molecule has 26 heavy (non-hydrogen) atoms. The normalized spacial score (nSPS) is 15.6. The zero-order valence-electron chi connectivity index (χ0n) is 14.4. The van der Waals surface area contributed by atoms with Crippen LogP contribution in [0, 0.1) is 0 Å². The van der Waals surface area contributed by atoms with Crippen LogP contribution in [0.1, 0.15) is 22.2 Å². The van der Waals surface area contributed by atoms with Gasteiger partial charge >= 0.3 is 0 Å². The Morgan fingerprint density at radius 3 is 2.69 bits per heavy atom. The number of aliphatic imine (C=N–C) groups is 1. The number of anilines is 1. The Morgan fingerprint density at radius 1 is 1.23 bits per heavy atom. The number of nitrogens with two attached hydrogens (primary N) is 1. The van der Waals surface area contributed by atoms with Crippen molar-refractivity contribution in [2.24, 2.45) is 4.99 Å². The van der Waals surface area contributed by atoms with Crippen LogP contribution in [0.5, 0.6) is 0 Å². The van der Waals surface area contributed by atoms with E-state index in [1.54, 1.807) is 11.3 Å². The minimum atomic E-state index is -0.0312. The van der Waals surface area contributed by atoms with Gasteiger partial charge in [-0.3, -0.25) is 4.79 Å². The average Bonchev–Trinajstić information content (AvgIpc) is 3.23. The number of ether oxygens (including phenoxy) is 1. The lowest BCUT2D eigenvalue weighted by Gasteiger charge is -2.28. The Bertz CT molecular complexity index is 970. The lowest BCUT2D eigenvalue weighted by molar-refractivity contribution is 0.0678. The fourth-order valence-corrected chi connectivity index (χ4v) is 5.25. The summed E-state index contributed by atoms with van der Waals surface area (Å²) >= 11 is 3.04. The highest BCUT2D eigenvalue weighted by atomic mass is 32.2. The third-order valence-corrected chi connectivity index (χ3v) is 6.74. The van der Waals surface area contributed by atoms with E-state index in [1.165, 1.54) is 11.3 Å². The SMILES string of the molecule is CC(=Nc1csc2sc(C(=O)c3ccccc3)c(N)c12)N1CCOCC1. The molecule has 0 atom stereocenters. The van der Waals surface area contributed by atoms with Crippen molar-refractivity contribution in [3.8, 4) is 0 Å². The number of nitrogens with zero attached hydrogens (tertiary/aromatic N) is 2. The Labute approximate surface area is 159 Å². The highest BCUT2D eigenvalue weighted by molar-refractivity contribution is 7.39. The zero-order valence-corrected chi connectivity index (χ0v) is 16.0. The van der Waals surface area contributed by atoms with Crippen molar-refractivity contribution >= 4 is 55.1 Å². The molecular weight excluding hydrogens is 366 g/mol. The molecule has 0 bridgehead atoms. The standard InChI is InChI=1S/C19H19N3O2S2/c1-12(22-7-9-24-10-8-22)21-14-11-25-19-15(14)16(20)18(26-19)17(23)13-5-3-2-4-6-13/h2-6,11H,7-10,20H2,1H3. The monoisotopic (exact) mass is 385 g/mol. The number of nitrogen functional groups attached to an aromatic ring is 1. The summed E-state index contributed by atoms with van der Waals surface area (Å²) in [6, 6.07) is 9.25. The van der Waals surface area contributed by atoms with Crippen LogP contribution < -0.4 is 5.73 Å². The van der Waals surface area contributed by atoms with Crippen molar-refractivity contribution in [3.05, 3.63) is 46.2 Å². The van der Waals surface area contributed by atoms with Gasteiger partial charge in [0.15, 0.2) is 0 Å². The molecule has 1 aromatic carbocycles. The minimum Gasteiger partial charge on any atom is -0.397 e. The van der Waals surface area contributed by atoms with Crippen molar-refractivity contribution in [3.63, 3.8) is 0 Å². The third kappa shape index (κ3) is 3.13. The molecule has 0 radical (unpaired) electrons. The number of amidine groups is 1. The first-order chi connectivity index (χ1) is 12.6. The van der Waals surface area contributed by atoms with Crippen LogP contribution in [-0.4, -0.2) is 42.8 Å². The highest BCUT2D eigenvalue weighted by Gasteiger charge is 2.21. The van der Waals surface area contributed by atoms with Gasteiger partial charge in [0.1, 0.15) is 10.7 Å². The van der Waals surface area contributed by atoms with Gasteiger partial charge in [0.05, 0.1) is 34.0 Å². The van der Waals surface area contributed by atoms with Crippen LogP contribution >= 0.6 is 22.7 Å². The summed E-state index contributed by atoms with van der Waals surface area (Å²) in [5.41, 5.74) is 8.40. The van der Waals surface area contributed by atoms with Gasteiger partial charge in [0.2, 0.25) is 5.78 Å². The van der Waals surface area contributed by atoms with E-state index >= 15 is 0 Å². The lowest BCUT2D eigenvalue weighted by atomic mass is 10.1. The summed E-state index contributed by atoms with van der Waals surface area (Å²) in [6.45, 7) is 5.15. The zero-order chi connectivity index (χ0) is 18.1. The molecule has 1 aliphatic heterocycles. The molecule has 0 amide bonds. The molecule has 0 unspecified atom stereocenters. The van der Waals surface area contributed by atoms with Crippen molar-refractivity contribution < 1.29 is 9.53 Å². The van der Waals surface area contributed by atoms with E-state index in [4.69, 9.17) is 15.5 Å². The van der Waals surface area contributed by atoms with E-state index in [2.05, 4.69) is 4.90 Å². The molecule has 0 spiro atoms. The van der Waals surface area contributed by atoms with Crippen LogP contribution in [-0.2, 0) is 4.74 Å². The molecule has 3 aromatic rings. The minimum absolute atomic E-state index is 0.0312. The Morgan fingerprint density at radius 2 is 1.96 bits per heavy atom. The molecule has 5 nitrogen and oxygen atoms in total. The van der Waals surface area contributed by atoms with Gasteiger partial charge in [-0.25, -0.2) is 4.99 Å². The Balaban J connectivity index is 1.70. The second-order valence-electron chi connectivity index (χ2n) is 6.08. The van der Waals surface area contributed by atoms with Crippen LogP contribution in [0.15, 0.2) is 40.7 Å². The van der Waals surface area contributed by atoms with E-state index < -0.39 is 0 Å². The second-order valence-corrected chi connectivity index (χ2v) is 8.24. The van der Waals surface area contributed by atoms with E-state index in [0.29, 0.717) is 16.1 Å². The van der Waals surface area contributed by atoms with Gasteiger partial charge in [0.25, 0.3) is 0 Å². The lowest BCUT2D eigenvalue weighted by Crippen LogP contribution is -2.39. The Kier molecular flexibility index (Phi) is 4.76. The Hall–Kier alpha value is -2.22. The van der Waals surface area contributed by atoms with Crippen LogP contribution in [0.25, 0.3) is 9.40 Å². The topological polar surface area (TPSA) is 67.9 Å². The van der Waals surface area contributed by atoms with Gasteiger partial charge < -0.3 is 15.4 Å². The number of morpholine rings is 1. The molecule has 3 heterocycles. The van der Waals surface area contributed by atoms with Gasteiger partial charge in [-0.1, -0.05) is 30.3 Å². The predicted molar refractivity (Wildman–Crippen MR) is 109 cm³/mol. The quantitative estimate of drug-likeness (QED) is 0.418. The molecule has 134 valence electrons. The number of thiophene rings is 2. The van der Waals surface area contributed by atoms with Crippen LogP contribution in [0.3, 0.4) is 0 Å². The van der Waals surface area contributed by atoms with Gasteiger partial charge in [-0.2, -0.15) is 0 Å². The first-order valence-corrected chi connectivity index (χ1v) is 10.1. The van der Waals surface area contributed by atoms with E-state index in [0.717, 1.165) is 47.2 Å². The second kappa shape index (κ2) is 7.19. The average molecular weight is 386 g/mol. The van der Waals surface area contributed by atoms with Gasteiger partial charge in [-0.05, 0) is 6.92 Å². The predicted octanol–water partition coefficient (Wildman–Crippen LogP) is 4.16. The molecule has 0 saturated carbocycles. The fraction of sp³-hybridized carbons (Fsp3) is 0.263. The molecule has 7 heteroatoms. The van der Waals surface area contributed by atoms with E-state index in [9.17, 15) is 4.79 Å². The molecule has 2 aromatic heterocycles. The highest BCUT2D eigenvalue weighted by Crippen LogP contribution is 2.44. The molecule has 4 rings (SSSR count). The number of carbonyl (C=O) groups is 1. The maximum absolute atomic E-state index is 12.8. The summed E-state index contributed by atoms with van der Waals surface area (Å²) < 4.78 is 6.43. The first kappa shape index (κ1) is 17.2. The molecule has 1 aliphatic rings. The smallest absolute Gasteiger partial charge is 0.205 e.